The predicted octanol–water partition coefficient (Wildman–Crippen LogP) is 1.89. The smallest absolute Gasteiger partial charge is 0.325 e. The molecule has 0 saturated carbocycles. The van der Waals surface area contributed by atoms with Gasteiger partial charge in [-0.2, -0.15) is 0 Å². The first-order valence-corrected chi connectivity index (χ1v) is 4.99. The maximum absolute atomic E-state index is 11.5. The molecule has 0 radical (unpaired) electrons. The van der Waals surface area contributed by atoms with Gasteiger partial charge in [0.1, 0.15) is 11.6 Å². The lowest BCUT2D eigenvalue weighted by molar-refractivity contribution is -0.159. The lowest BCUT2D eigenvalue weighted by Gasteiger charge is -2.25. The van der Waals surface area contributed by atoms with Gasteiger partial charge in [0, 0.05) is 1.37 Å². The molecular weight excluding hydrogens is 230 g/mol. The highest BCUT2D eigenvalue weighted by Gasteiger charge is 2.23. The van der Waals surface area contributed by atoms with E-state index in [1.54, 1.807) is 34.6 Å². The Balaban J connectivity index is 0. The summed E-state index contributed by atoms with van der Waals surface area (Å²) in [4.78, 5) is 11.5. The molecule has 0 aromatic rings. The summed E-state index contributed by atoms with van der Waals surface area (Å²) in [5.41, 5.74) is 4.50. The number of ether oxygens (including phenoxy) is 2. The lowest BCUT2D eigenvalue weighted by Crippen LogP contribution is -2.42. The van der Waals surface area contributed by atoms with E-state index in [0.717, 1.165) is 0 Å². The van der Waals surface area contributed by atoms with Crippen LogP contribution in [0.25, 0.3) is 0 Å². The van der Waals surface area contributed by atoms with Crippen molar-refractivity contribution >= 4 is 18.4 Å². The van der Waals surface area contributed by atoms with E-state index in [2.05, 4.69) is 0 Å². The Kier molecular flexibility index (Phi) is 6.30. The summed E-state index contributed by atoms with van der Waals surface area (Å²) in [5, 5.41) is 0. The zero-order valence-electron chi connectivity index (χ0n) is 11.7. The molecular formula is C11H24ClNO3. The molecule has 0 aromatic carbocycles. The Morgan fingerprint density at radius 1 is 1.31 bits per heavy atom. The Labute approximate surface area is 106 Å². The van der Waals surface area contributed by atoms with Crippen LogP contribution in [0.5, 0.6) is 0 Å². The molecule has 0 rings (SSSR count). The first-order valence-electron chi connectivity index (χ1n) is 5.70. The van der Waals surface area contributed by atoms with Gasteiger partial charge in [0.15, 0.2) is 0 Å². The molecule has 0 fully saturated rings. The molecule has 4 nitrogen and oxygen atoms in total. The van der Waals surface area contributed by atoms with Gasteiger partial charge in [0.05, 0.1) is 12.2 Å². The molecule has 16 heavy (non-hydrogen) atoms. The molecule has 0 bridgehead atoms. The molecule has 0 aliphatic rings. The average molecular weight is 255 g/mol. The fourth-order valence-electron chi connectivity index (χ4n) is 0.761. The van der Waals surface area contributed by atoms with E-state index in [9.17, 15) is 4.79 Å². The quantitative estimate of drug-likeness (QED) is 0.782. The van der Waals surface area contributed by atoms with Crippen molar-refractivity contribution in [2.45, 2.75) is 58.8 Å². The van der Waals surface area contributed by atoms with Gasteiger partial charge in [-0.15, -0.1) is 12.4 Å². The van der Waals surface area contributed by atoms with Crippen LogP contribution in [0.15, 0.2) is 0 Å². The third-order valence-electron chi connectivity index (χ3n) is 1.36. The third kappa shape index (κ3) is 10.2. The fourth-order valence-corrected chi connectivity index (χ4v) is 0.761. The Morgan fingerprint density at radius 3 is 2.19 bits per heavy atom. The van der Waals surface area contributed by atoms with E-state index >= 15 is 0 Å². The van der Waals surface area contributed by atoms with Crippen molar-refractivity contribution in [1.82, 2.24) is 0 Å². The number of esters is 1. The second kappa shape index (κ2) is 6.42. The normalized spacial score (nSPS) is 14.8. The Hall–Kier alpha value is -0.320. The van der Waals surface area contributed by atoms with Crippen molar-refractivity contribution in [2.24, 2.45) is 5.73 Å². The number of halogens is 1. The van der Waals surface area contributed by atoms with Crippen LogP contribution in [0.4, 0.5) is 0 Å². The molecule has 5 heteroatoms. The number of hydrogen-bond donors (Lipinski definition) is 1. The van der Waals surface area contributed by atoms with E-state index in [-0.39, 0.29) is 25.9 Å². The summed E-state index contributed by atoms with van der Waals surface area (Å²) in [5.74, 6) is -0.478. The van der Waals surface area contributed by atoms with Crippen molar-refractivity contribution in [3.63, 3.8) is 0 Å². The maximum atomic E-state index is 11.5. The Morgan fingerprint density at radius 2 is 1.81 bits per heavy atom. The predicted molar refractivity (Wildman–Crippen MR) is 66.8 cm³/mol. The number of nitrogens with two attached hydrogens (primary N) is 1. The van der Waals surface area contributed by atoms with Crippen molar-refractivity contribution in [1.29, 1.82) is 0 Å². The summed E-state index contributed by atoms with van der Waals surface area (Å²) < 4.78 is 17.7. The summed E-state index contributed by atoms with van der Waals surface area (Å²) in [7, 11) is 0. The highest BCUT2D eigenvalue weighted by molar-refractivity contribution is 5.85. The monoisotopic (exact) mass is 254 g/mol. The van der Waals surface area contributed by atoms with Crippen LogP contribution in [0.2, 0.25) is 0 Å². The molecule has 0 aromatic heterocycles. The lowest BCUT2D eigenvalue weighted by atomic mass is 10.2. The van der Waals surface area contributed by atoms with Gasteiger partial charge in [-0.25, -0.2) is 0 Å². The van der Waals surface area contributed by atoms with Gasteiger partial charge >= 0.3 is 5.97 Å². The minimum atomic E-state index is -0.801. The minimum Gasteiger partial charge on any atom is -0.459 e. The highest BCUT2D eigenvalue weighted by Crippen LogP contribution is 2.10. The van der Waals surface area contributed by atoms with Crippen LogP contribution < -0.4 is 5.73 Å². The van der Waals surface area contributed by atoms with Crippen molar-refractivity contribution in [3.05, 3.63) is 0 Å². The van der Waals surface area contributed by atoms with Gasteiger partial charge in [-0.05, 0) is 41.5 Å². The Bertz CT molecular complexity index is 241. The van der Waals surface area contributed by atoms with Crippen LogP contribution >= 0.6 is 12.4 Å². The van der Waals surface area contributed by atoms with Crippen molar-refractivity contribution in [2.75, 3.05) is 6.61 Å². The average Bonchev–Trinajstić information content (AvgIpc) is 2.11. The van der Waals surface area contributed by atoms with Crippen LogP contribution in [-0.2, 0) is 14.3 Å². The summed E-state index contributed by atoms with van der Waals surface area (Å²) >= 11 is 0. The number of carbonyl (C=O) groups excluding carboxylic acids is 1. The summed E-state index contributed by atoms with van der Waals surface area (Å²) in [6, 6.07) is -0.801. The maximum Gasteiger partial charge on any atom is 0.325 e. The highest BCUT2D eigenvalue weighted by atomic mass is 35.5. The molecule has 0 aliphatic carbocycles. The number of hydrogen-bond acceptors (Lipinski definition) is 4. The van der Waals surface area contributed by atoms with Gasteiger partial charge in [0.2, 0.25) is 0 Å². The second-order valence-corrected chi connectivity index (χ2v) is 5.21. The summed E-state index contributed by atoms with van der Waals surface area (Å²) in [6.07, 6.45) is 0. The van der Waals surface area contributed by atoms with E-state index in [1.165, 1.54) is 0 Å². The standard InChI is InChI=1S/C11H23NO3.ClH/c1-10(2,3)14-7-8(12)9(13)15-11(4,5)6;/h8H,7,12H2,1-6H3;1H/t8-;/m0./s1/i1D;. The first kappa shape index (κ1) is 15.7. The molecule has 98 valence electrons. The van der Waals surface area contributed by atoms with Crippen LogP contribution in [0, 0.1) is 0 Å². The second-order valence-electron chi connectivity index (χ2n) is 5.21. The zero-order chi connectivity index (χ0) is 13.0. The number of rotatable bonds is 3. The molecule has 0 spiro atoms. The zero-order valence-corrected chi connectivity index (χ0v) is 11.5. The largest absolute Gasteiger partial charge is 0.459 e. The molecule has 0 amide bonds. The van der Waals surface area contributed by atoms with E-state index in [4.69, 9.17) is 16.6 Å². The first-order chi connectivity index (χ1) is 7.07. The molecule has 0 aliphatic heterocycles. The van der Waals surface area contributed by atoms with E-state index < -0.39 is 23.2 Å². The van der Waals surface area contributed by atoms with E-state index in [1.807, 2.05) is 0 Å². The van der Waals surface area contributed by atoms with Crippen LogP contribution in [-0.4, -0.2) is 29.8 Å². The van der Waals surface area contributed by atoms with E-state index in [0.29, 0.717) is 0 Å². The molecule has 0 unspecified atom stereocenters. The molecule has 0 heterocycles. The van der Waals surface area contributed by atoms with Gasteiger partial charge in [-0.3, -0.25) is 4.79 Å². The number of carbonyl (C=O) groups is 1. The summed E-state index contributed by atoms with van der Waals surface area (Å²) in [6.45, 7) is 9.10. The molecule has 1 atom stereocenters. The minimum absolute atomic E-state index is 0. The van der Waals surface area contributed by atoms with Gasteiger partial charge < -0.3 is 15.2 Å². The van der Waals surface area contributed by atoms with Crippen molar-refractivity contribution in [3.8, 4) is 0 Å². The SMILES string of the molecule is Cl.[2H]CC(C)(C)OC[C@H](N)C(=O)OC(C)(C)C. The van der Waals surface area contributed by atoms with Crippen LogP contribution in [0.1, 0.15) is 42.9 Å². The van der Waals surface area contributed by atoms with Crippen molar-refractivity contribution < 1.29 is 15.6 Å². The molecule has 2 N–H and O–H groups in total. The molecule has 0 saturated heterocycles. The van der Waals surface area contributed by atoms with Gasteiger partial charge in [0.25, 0.3) is 0 Å². The fraction of sp³-hybridized carbons (Fsp3) is 0.909. The van der Waals surface area contributed by atoms with Gasteiger partial charge in [-0.1, -0.05) is 0 Å². The third-order valence-corrected chi connectivity index (χ3v) is 1.36. The van der Waals surface area contributed by atoms with Crippen LogP contribution in [0.3, 0.4) is 0 Å². The topological polar surface area (TPSA) is 61.5 Å².